The zero-order valence-corrected chi connectivity index (χ0v) is 15.4. The van der Waals surface area contributed by atoms with Gasteiger partial charge in [0.25, 0.3) is 5.91 Å². The topological polar surface area (TPSA) is 81.9 Å². The van der Waals surface area contributed by atoms with Crippen LogP contribution in [0, 0.1) is 6.92 Å². The SMILES string of the molecule is Cc1ccc2cccc(OCCNC(=O)c3cccc(-n4cnnc4)c3)c2n1. The Bertz CT molecular complexity index is 1110. The lowest BCUT2D eigenvalue weighted by Gasteiger charge is -2.10. The van der Waals surface area contributed by atoms with Crippen LogP contribution in [0.2, 0.25) is 0 Å². The largest absolute Gasteiger partial charge is 0.489 e. The molecule has 0 spiro atoms. The summed E-state index contributed by atoms with van der Waals surface area (Å²) in [4.78, 5) is 17.0. The van der Waals surface area contributed by atoms with Crippen LogP contribution in [0.15, 0.2) is 67.3 Å². The number of rotatable bonds is 6. The third kappa shape index (κ3) is 3.83. The van der Waals surface area contributed by atoms with E-state index in [1.165, 1.54) is 0 Å². The minimum Gasteiger partial charge on any atom is -0.489 e. The van der Waals surface area contributed by atoms with E-state index in [1.54, 1.807) is 29.4 Å². The fourth-order valence-corrected chi connectivity index (χ4v) is 2.90. The van der Waals surface area contributed by atoms with Crippen LogP contribution in [0.1, 0.15) is 16.1 Å². The third-order valence-electron chi connectivity index (χ3n) is 4.29. The molecule has 4 rings (SSSR count). The van der Waals surface area contributed by atoms with E-state index in [0.717, 1.165) is 22.3 Å². The first-order valence-corrected chi connectivity index (χ1v) is 8.93. The molecule has 2 heterocycles. The number of para-hydroxylation sites is 1. The van der Waals surface area contributed by atoms with Gasteiger partial charge in [0.1, 0.15) is 30.5 Å². The van der Waals surface area contributed by atoms with Crippen molar-refractivity contribution in [1.82, 2.24) is 25.1 Å². The summed E-state index contributed by atoms with van der Waals surface area (Å²) in [5.41, 5.74) is 3.15. The Kier molecular flexibility index (Phi) is 4.97. The number of carbonyl (C=O) groups excluding carboxylic acids is 1. The number of aromatic nitrogens is 4. The van der Waals surface area contributed by atoms with Gasteiger partial charge < -0.3 is 10.1 Å². The molecule has 0 bridgehead atoms. The molecule has 0 aliphatic heterocycles. The zero-order chi connectivity index (χ0) is 19.3. The Morgan fingerprint density at radius 3 is 2.75 bits per heavy atom. The Morgan fingerprint density at radius 2 is 1.89 bits per heavy atom. The molecular weight excluding hydrogens is 354 g/mol. The van der Waals surface area contributed by atoms with Crippen LogP contribution >= 0.6 is 0 Å². The molecule has 7 nitrogen and oxygen atoms in total. The van der Waals surface area contributed by atoms with E-state index < -0.39 is 0 Å². The molecule has 0 saturated carbocycles. The van der Waals surface area contributed by atoms with Gasteiger partial charge in [-0.3, -0.25) is 9.36 Å². The maximum atomic E-state index is 12.4. The molecule has 2 aromatic heterocycles. The number of hydrogen-bond acceptors (Lipinski definition) is 5. The Labute approximate surface area is 162 Å². The second-order valence-corrected chi connectivity index (χ2v) is 6.30. The summed E-state index contributed by atoms with van der Waals surface area (Å²) in [6.45, 7) is 2.69. The third-order valence-corrected chi connectivity index (χ3v) is 4.29. The first-order valence-electron chi connectivity index (χ1n) is 8.93. The number of benzene rings is 2. The van der Waals surface area contributed by atoms with Gasteiger partial charge in [-0.15, -0.1) is 10.2 Å². The molecule has 28 heavy (non-hydrogen) atoms. The van der Waals surface area contributed by atoms with Gasteiger partial charge in [-0.05, 0) is 37.3 Å². The van der Waals surface area contributed by atoms with E-state index >= 15 is 0 Å². The highest BCUT2D eigenvalue weighted by Crippen LogP contribution is 2.23. The van der Waals surface area contributed by atoms with Gasteiger partial charge in [0.2, 0.25) is 0 Å². The molecule has 0 unspecified atom stereocenters. The van der Waals surface area contributed by atoms with Crippen molar-refractivity contribution in [2.75, 3.05) is 13.2 Å². The zero-order valence-electron chi connectivity index (χ0n) is 15.4. The van der Waals surface area contributed by atoms with Crippen molar-refractivity contribution < 1.29 is 9.53 Å². The molecule has 0 aliphatic rings. The number of hydrogen-bond donors (Lipinski definition) is 1. The van der Waals surface area contributed by atoms with E-state index in [1.807, 2.05) is 49.4 Å². The summed E-state index contributed by atoms with van der Waals surface area (Å²) >= 11 is 0. The number of amides is 1. The number of nitrogens with one attached hydrogen (secondary N) is 1. The second kappa shape index (κ2) is 7.87. The molecule has 2 aromatic carbocycles. The lowest BCUT2D eigenvalue weighted by atomic mass is 10.2. The van der Waals surface area contributed by atoms with Gasteiger partial charge in [0.05, 0.1) is 6.54 Å². The summed E-state index contributed by atoms with van der Waals surface area (Å²) in [6, 6.07) is 17.1. The van der Waals surface area contributed by atoms with E-state index in [-0.39, 0.29) is 5.91 Å². The average Bonchev–Trinajstić information content (AvgIpc) is 3.26. The Hall–Kier alpha value is -3.74. The highest BCUT2D eigenvalue weighted by Gasteiger charge is 2.08. The molecule has 1 N–H and O–H groups in total. The molecular formula is C21H19N5O2. The van der Waals surface area contributed by atoms with Gasteiger partial charge in [-0.25, -0.2) is 4.98 Å². The fraction of sp³-hybridized carbons (Fsp3) is 0.143. The quantitative estimate of drug-likeness (QED) is 0.526. The Morgan fingerprint density at radius 1 is 1.07 bits per heavy atom. The predicted molar refractivity (Wildman–Crippen MR) is 106 cm³/mol. The van der Waals surface area contributed by atoms with Crippen LogP contribution in [0.5, 0.6) is 5.75 Å². The van der Waals surface area contributed by atoms with Crippen molar-refractivity contribution in [1.29, 1.82) is 0 Å². The molecule has 0 saturated heterocycles. The van der Waals surface area contributed by atoms with Crippen LogP contribution in [0.25, 0.3) is 16.6 Å². The number of aryl methyl sites for hydroxylation is 1. The van der Waals surface area contributed by atoms with Gasteiger partial charge in [0, 0.05) is 22.3 Å². The van der Waals surface area contributed by atoms with Crippen molar-refractivity contribution in [3.8, 4) is 11.4 Å². The lowest BCUT2D eigenvalue weighted by molar-refractivity contribution is 0.0947. The van der Waals surface area contributed by atoms with Crippen LogP contribution in [-0.2, 0) is 0 Å². The van der Waals surface area contributed by atoms with Gasteiger partial charge in [0.15, 0.2) is 0 Å². The Balaban J connectivity index is 1.37. The molecule has 0 aliphatic carbocycles. The summed E-state index contributed by atoms with van der Waals surface area (Å²) in [7, 11) is 0. The first kappa shape index (κ1) is 17.7. The minimum absolute atomic E-state index is 0.162. The minimum atomic E-state index is -0.162. The maximum absolute atomic E-state index is 12.4. The second-order valence-electron chi connectivity index (χ2n) is 6.30. The molecule has 4 aromatic rings. The number of carbonyl (C=O) groups is 1. The molecule has 0 atom stereocenters. The van der Waals surface area contributed by atoms with Crippen LogP contribution < -0.4 is 10.1 Å². The lowest BCUT2D eigenvalue weighted by Crippen LogP contribution is -2.28. The fourth-order valence-electron chi connectivity index (χ4n) is 2.90. The maximum Gasteiger partial charge on any atom is 0.251 e. The monoisotopic (exact) mass is 373 g/mol. The van der Waals surface area contributed by atoms with E-state index in [9.17, 15) is 4.79 Å². The summed E-state index contributed by atoms with van der Waals surface area (Å²) < 4.78 is 7.59. The highest BCUT2D eigenvalue weighted by molar-refractivity contribution is 5.94. The standard InChI is InChI=1S/C21H19N5O2/c1-15-8-9-16-4-3-7-19(20(16)25-15)28-11-10-22-21(27)17-5-2-6-18(12-17)26-13-23-24-14-26/h2-9,12-14H,10-11H2,1H3,(H,22,27). The number of fused-ring (bicyclic) bond motifs is 1. The summed E-state index contributed by atoms with van der Waals surface area (Å²) in [6.07, 6.45) is 3.18. The van der Waals surface area contributed by atoms with Crippen LogP contribution in [-0.4, -0.2) is 38.8 Å². The van der Waals surface area contributed by atoms with Gasteiger partial charge in [-0.1, -0.05) is 24.3 Å². The highest BCUT2D eigenvalue weighted by atomic mass is 16.5. The number of nitrogens with zero attached hydrogens (tertiary/aromatic N) is 4. The molecule has 1 amide bonds. The van der Waals surface area contributed by atoms with Crippen molar-refractivity contribution in [2.24, 2.45) is 0 Å². The summed E-state index contributed by atoms with van der Waals surface area (Å²) in [5, 5.41) is 11.5. The van der Waals surface area contributed by atoms with Crippen molar-refractivity contribution in [3.63, 3.8) is 0 Å². The average molecular weight is 373 g/mol. The smallest absolute Gasteiger partial charge is 0.251 e. The normalized spacial score (nSPS) is 10.8. The van der Waals surface area contributed by atoms with Crippen LogP contribution in [0.3, 0.4) is 0 Å². The first-order chi connectivity index (χ1) is 13.7. The van der Waals surface area contributed by atoms with E-state index in [2.05, 4.69) is 20.5 Å². The van der Waals surface area contributed by atoms with Gasteiger partial charge in [-0.2, -0.15) is 0 Å². The summed E-state index contributed by atoms with van der Waals surface area (Å²) in [5.74, 6) is 0.551. The predicted octanol–water partition coefficient (Wildman–Crippen LogP) is 2.93. The van der Waals surface area contributed by atoms with Crippen molar-refractivity contribution in [2.45, 2.75) is 6.92 Å². The molecule has 0 fully saturated rings. The van der Waals surface area contributed by atoms with Crippen LogP contribution in [0.4, 0.5) is 0 Å². The number of pyridine rings is 1. The van der Waals surface area contributed by atoms with Gasteiger partial charge >= 0.3 is 0 Å². The molecule has 7 heteroatoms. The van der Waals surface area contributed by atoms with Crippen molar-refractivity contribution in [3.05, 3.63) is 78.5 Å². The van der Waals surface area contributed by atoms with E-state index in [4.69, 9.17) is 4.74 Å². The van der Waals surface area contributed by atoms with E-state index in [0.29, 0.717) is 24.5 Å². The van der Waals surface area contributed by atoms with Crippen molar-refractivity contribution >= 4 is 16.8 Å². The molecule has 0 radical (unpaired) electrons. The number of ether oxygens (including phenoxy) is 1. The molecule has 140 valence electrons.